The summed E-state index contributed by atoms with van der Waals surface area (Å²) in [4.78, 5) is 41.3. The van der Waals surface area contributed by atoms with Gasteiger partial charge in [-0.15, -0.1) is 5.06 Å². The largest absolute Gasteiger partial charge is 0.374 e. The van der Waals surface area contributed by atoms with Crippen LogP contribution >= 0.6 is 0 Å². The van der Waals surface area contributed by atoms with Crippen molar-refractivity contribution in [2.24, 2.45) is 28.6 Å². The molecule has 0 aromatic carbocycles. The van der Waals surface area contributed by atoms with Crippen LogP contribution in [0.4, 0.5) is 0 Å². The van der Waals surface area contributed by atoms with E-state index in [0.29, 0.717) is 29.9 Å². The van der Waals surface area contributed by atoms with Crippen molar-refractivity contribution in [3.05, 3.63) is 24.5 Å². The van der Waals surface area contributed by atoms with Gasteiger partial charge < -0.3 is 4.84 Å². The average molecular weight is 357 g/mol. The minimum absolute atomic E-state index is 0.00860. The number of nitrogens with zero attached hydrogens (tertiary/aromatic N) is 1. The van der Waals surface area contributed by atoms with E-state index < -0.39 is 0 Å². The lowest BCUT2D eigenvalue weighted by molar-refractivity contribution is -0.179. The third kappa shape index (κ3) is 2.63. The van der Waals surface area contributed by atoms with Crippen molar-refractivity contribution in [1.29, 1.82) is 0 Å². The van der Waals surface area contributed by atoms with Crippen LogP contribution in [0.1, 0.15) is 58.8 Å². The number of hydrogen-bond acceptors (Lipinski definition) is 4. The lowest BCUT2D eigenvalue weighted by Gasteiger charge is -2.41. The molecule has 5 heteroatoms. The van der Waals surface area contributed by atoms with Gasteiger partial charge in [0.15, 0.2) is 5.78 Å². The van der Waals surface area contributed by atoms with Crippen molar-refractivity contribution in [1.82, 2.24) is 5.06 Å². The summed E-state index contributed by atoms with van der Waals surface area (Å²) in [5.41, 5.74) is -0.274. The lowest BCUT2D eigenvalue weighted by atomic mass is 9.64. The molecule has 5 unspecified atom stereocenters. The van der Waals surface area contributed by atoms with Gasteiger partial charge in [-0.05, 0) is 54.9 Å². The number of ketones is 1. The zero-order chi connectivity index (χ0) is 18.7. The number of fused-ring (bicyclic) bond motifs is 1. The quantitative estimate of drug-likeness (QED) is 0.557. The van der Waals surface area contributed by atoms with E-state index in [1.54, 1.807) is 6.08 Å². The first-order valence-electron chi connectivity index (χ1n) is 9.68. The molecule has 1 aliphatic heterocycles. The molecule has 1 saturated heterocycles. The van der Waals surface area contributed by atoms with Gasteiger partial charge in [0.2, 0.25) is 0 Å². The van der Waals surface area contributed by atoms with Crippen molar-refractivity contribution in [2.45, 2.75) is 58.8 Å². The molecule has 5 atom stereocenters. The van der Waals surface area contributed by atoms with Crippen LogP contribution in [0, 0.1) is 28.6 Å². The zero-order valence-electron chi connectivity index (χ0n) is 15.6. The summed E-state index contributed by atoms with van der Waals surface area (Å²) in [5, 5.41) is 0.882. The topological polar surface area (TPSA) is 63.7 Å². The highest BCUT2D eigenvalue weighted by molar-refractivity contribution is 6.00. The van der Waals surface area contributed by atoms with Gasteiger partial charge in [0.25, 0.3) is 11.8 Å². The van der Waals surface area contributed by atoms with Crippen LogP contribution < -0.4 is 0 Å². The van der Waals surface area contributed by atoms with E-state index in [0.717, 1.165) is 17.9 Å². The second kappa shape index (κ2) is 5.80. The van der Waals surface area contributed by atoms with Gasteiger partial charge >= 0.3 is 0 Å². The Kier molecular flexibility index (Phi) is 3.90. The Balaban J connectivity index is 1.43. The van der Waals surface area contributed by atoms with Crippen LogP contribution in [0.15, 0.2) is 24.5 Å². The van der Waals surface area contributed by atoms with Crippen LogP contribution in [-0.4, -0.2) is 22.7 Å². The monoisotopic (exact) mass is 357 g/mol. The Labute approximate surface area is 154 Å². The number of allylic oxidation sites excluding steroid dienone is 3. The fourth-order valence-electron chi connectivity index (χ4n) is 5.22. The summed E-state index contributed by atoms with van der Waals surface area (Å²) in [6.45, 7) is 8.35. The standard InChI is InChI=1S/C21H27NO4/c1-13(26-22-18(24)8-9-19(22)25)21(3)12-20(21,2)11-15-10-16(23)6-4-14-5-7-17(14)15/h4,6,14-15,17H,1,5,7-12H2,2-3H3. The summed E-state index contributed by atoms with van der Waals surface area (Å²) in [7, 11) is 0. The first-order chi connectivity index (χ1) is 12.2. The van der Waals surface area contributed by atoms with Crippen molar-refractivity contribution in [3.63, 3.8) is 0 Å². The number of rotatable bonds is 5. The molecule has 140 valence electrons. The highest BCUT2D eigenvalue weighted by Gasteiger charge is 2.65. The molecule has 0 spiro atoms. The lowest BCUT2D eigenvalue weighted by Crippen LogP contribution is -2.34. The van der Waals surface area contributed by atoms with E-state index in [9.17, 15) is 14.4 Å². The fourth-order valence-corrected chi connectivity index (χ4v) is 5.22. The maximum absolute atomic E-state index is 12.1. The minimum atomic E-state index is -0.292. The molecule has 0 N–H and O–H groups in total. The van der Waals surface area contributed by atoms with Gasteiger partial charge in [0.05, 0.1) is 0 Å². The number of amides is 2. The second-order valence-corrected chi connectivity index (χ2v) is 9.06. The minimum Gasteiger partial charge on any atom is -0.374 e. The zero-order valence-corrected chi connectivity index (χ0v) is 15.6. The summed E-state index contributed by atoms with van der Waals surface area (Å²) < 4.78 is 0. The van der Waals surface area contributed by atoms with Crippen LogP contribution in [0.5, 0.6) is 0 Å². The Morgan fingerprint density at radius 3 is 2.54 bits per heavy atom. The number of imide groups is 1. The Bertz CT molecular complexity index is 710. The predicted octanol–water partition coefficient (Wildman–Crippen LogP) is 3.56. The van der Waals surface area contributed by atoms with Gasteiger partial charge in [-0.25, -0.2) is 0 Å². The summed E-state index contributed by atoms with van der Waals surface area (Å²) in [6, 6.07) is 0. The molecule has 0 aromatic heterocycles. The third-order valence-corrected chi connectivity index (χ3v) is 7.47. The Hall–Kier alpha value is -1.91. The highest BCUT2D eigenvalue weighted by Crippen LogP contribution is 2.71. The molecule has 1 heterocycles. The molecule has 3 fully saturated rings. The average Bonchev–Trinajstić information content (AvgIpc) is 2.99. The Morgan fingerprint density at radius 1 is 1.23 bits per heavy atom. The fraction of sp³-hybridized carbons (Fsp3) is 0.667. The van der Waals surface area contributed by atoms with Gasteiger partial charge in [-0.1, -0.05) is 26.5 Å². The van der Waals surface area contributed by atoms with Crippen LogP contribution in [0.25, 0.3) is 0 Å². The van der Waals surface area contributed by atoms with Crippen molar-refractivity contribution in [2.75, 3.05) is 0 Å². The van der Waals surface area contributed by atoms with Crippen LogP contribution in [0.3, 0.4) is 0 Å². The first-order valence-corrected chi connectivity index (χ1v) is 9.68. The van der Waals surface area contributed by atoms with E-state index in [4.69, 9.17) is 4.84 Å². The molecule has 4 aliphatic rings. The van der Waals surface area contributed by atoms with E-state index >= 15 is 0 Å². The molecule has 2 amide bonds. The second-order valence-electron chi connectivity index (χ2n) is 9.06. The van der Waals surface area contributed by atoms with Gasteiger partial charge in [0, 0.05) is 24.7 Å². The van der Waals surface area contributed by atoms with Crippen LogP contribution in [-0.2, 0) is 19.2 Å². The molecule has 0 bridgehead atoms. The van der Waals surface area contributed by atoms with Gasteiger partial charge in [-0.3, -0.25) is 14.4 Å². The van der Waals surface area contributed by atoms with Crippen molar-refractivity contribution >= 4 is 17.6 Å². The molecule has 0 radical (unpaired) electrons. The van der Waals surface area contributed by atoms with Gasteiger partial charge in [0.1, 0.15) is 5.76 Å². The number of carbonyl (C=O) groups is 3. The van der Waals surface area contributed by atoms with Crippen molar-refractivity contribution in [3.8, 4) is 0 Å². The molecule has 5 nitrogen and oxygen atoms in total. The molecule has 0 aromatic rings. The molecule has 2 saturated carbocycles. The number of hydrogen-bond donors (Lipinski definition) is 0. The molecule has 4 rings (SSSR count). The van der Waals surface area contributed by atoms with E-state index in [2.05, 4.69) is 26.5 Å². The maximum atomic E-state index is 12.1. The number of hydroxylamine groups is 2. The number of carbonyl (C=O) groups excluding carboxylic acids is 3. The molecular weight excluding hydrogens is 330 g/mol. The molecule has 3 aliphatic carbocycles. The SMILES string of the molecule is C=C(ON1C(=O)CCC1=O)C1(C)CC1(C)CC1CC(=O)C=CC2CCC21. The Morgan fingerprint density at radius 2 is 1.92 bits per heavy atom. The first kappa shape index (κ1) is 17.5. The normalized spacial score (nSPS) is 41.5. The summed E-state index contributed by atoms with van der Waals surface area (Å²) >= 11 is 0. The van der Waals surface area contributed by atoms with E-state index in [-0.39, 0.29) is 41.3 Å². The van der Waals surface area contributed by atoms with Crippen LogP contribution in [0.2, 0.25) is 0 Å². The van der Waals surface area contributed by atoms with Crippen molar-refractivity contribution < 1.29 is 19.2 Å². The molecular formula is C21H27NO4. The molecule has 26 heavy (non-hydrogen) atoms. The summed E-state index contributed by atoms with van der Waals surface area (Å²) in [6.07, 6.45) is 9.19. The highest BCUT2D eigenvalue weighted by atomic mass is 16.7. The smallest absolute Gasteiger partial charge is 0.263 e. The summed E-state index contributed by atoms with van der Waals surface area (Å²) in [5.74, 6) is 1.70. The maximum Gasteiger partial charge on any atom is 0.263 e. The predicted molar refractivity (Wildman–Crippen MR) is 95.2 cm³/mol. The third-order valence-electron chi connectivity index (χ3n) is 7.47. The van der Waals surface area contributed by atoms with Gasteiger partial charge in [-0.2, -0.15) is 0 Å². The van der Waals surface area contributed by atoms with E-state index in [1.807, 2.05) is 0 Å². The van der Waals surface area contributed by atoms with E-state index in [1.165, 1.54) is 12.8 Å².